The number of anilines is 1. The number of hydrogen-bond acceptors (Lipinski definition) is 4. The van der Waals surface area contributed by atoms with Gasteiger partial charge < -0.3 is 10.4 Å². The Bertz CT molecular complexity index is 391. The van der Waals surface area contributed by atoms with Crippen molar-refractivity contribution < 1.29 is 9.90 Å². The van der Waals surface area contributed by atoms with E-state index < -0.39 is 11.4 Å². The van der Waals surface area contributed by atoms with E-state index in [0.29, 0.717) is 5.69 Å². The number of aromatic nitrogens is 1. The summed E-state index contributed by atoms with van der Waals surface area (Å²) in [6.07, 6.45) is 0. The first-order valence-electron chi connectivity index (χ1n) is 5.10. The Morgan fingerprint density at radius 1 is 1.38 bits per heavy atom. The van der Waals surface area contributed by atoms with Crippen molar-refractivity contribution in [2.75, 3.05) is 5.32 Å². The predicted octanol–water partition coefficient (Wildman–Crippen LogP) is 2.72. The van der Waals surface area contributed by atoms with E-state index >= 15 is 0 Å². The van der Waals surface area contributed by atoms with Gasteiger partial charge in [-0.15, -0.1) is 11.3 Å². The number of carbonyl (C=O) groups is 1. The summed E-state index contributed by atoms with van der Waals surface area (Å²) in [6.45, 7) is 9.43. The molecule has 0 atom stereocenters. The van der Waals surface area contributed by atoms with Crippen LogP contribution in [-0.4, -0.2) is 21.6 Å². The summed E-state index contributed by atoms with van der Waals surface area (Å²) < 4.78 is 0. The summed E-state index contributed by atoms with van der Waals surface area (Å²) in [5.41, 5.74) is -0.409. The molecule has 90 valence electrons. The fourth-order valence-corrected chi connectivity index (χ4v) is 2.14. The Morgan fingerprint density at radius 3 is 2.38 bits per heavy atom. The smallest absolute Gasteiger partial charge is 0.315 e. The van der Waals surface area contributed by atoms with E-state index in [0.717, 1.165) is 5.13 Å². The normalized spacial score (nSPS) is 12.6. The average Bonchev–Trinajstić information content (AvgIpc) is 2.49. The third-order valence-corrected chi connectivity index (χ3v) is 2.92. The maximum atomic E-state index is 11.1. The molecular formula is C11H18N2O2S. The number of rotatable bonds is 3. The molecule has 0 spiro atoms. The summed E-state index contributed by atoms with van der Waals surface area (Å²) in [7, 11) is 0. The molecule has 0 amide bonds. The van der Waals surface area contributed by atoms with Crippen LogP contribution in [0.3, 0.4) is 0 Å². The molecule has 0 aliphatic carbocycles. The van der Waals surface area contributed by atoms with Crippen molar-refractivity contribution in [2.45, 2.75) is 45.6 Å². The van der Waals surface area contributed by atoms with Gasteiger partial charge in [0, 0.05) is 10.9 Å². The molecule has 1 aromatic heterocycles. The zero-order chi connectivity index (χ0) is 12.6. The van der Waals surface area contributed by atoms with Crippen LogP contribution in [0, 0.1) is 0 Å². The highest BCUT2D eigenvalue weighted by Crippen LogP contribution is 2.28. The molecule has 4 nitrogen and oxygen atoms in total. The molecule has 0 fully saturated rings. The van der Waals surface area contributed by atoms with Crippen molar-refractivity contribution in [2.24, 2.45) is 0 Å². The van der Waals surface area contributed by atoms with Crippen LogP contribution in [0.2, 0.25) is 0 Å². The van der Waals surface area contributed by atoms with Crippen LogP contribution >= 0.6 is 11.3 Å². The van der Waals surface area contributed by atoms with Gasteiger partial charge >= 0.3 is 5.97 Å². The Balaban J connectivity index is 2.92. The van der Waals surface area contributed by atoms with Crippen molar-refractivity contribution in [3.63, 3.8) is 0 Å². The highest BCUT2D eigenvalue weighted by molar-refractivity contribution is 7.13. The molecule has 0 radical (unpaired) electrons. The molecule has 1 rings (SSSR count). The van der Waals surface area contributed by atoms with Gasteiger partial charge in [0.15, 0.2) is 5.13 Å². The SMILES string of the molecule is CC(C)(C)Nc1nc(C(C)(C)C(=O)O)cs1. The minimum absolute atomic E-state index is 0.0670. The number of nitrogens with zero attached hydrogens (tertiary/aromatic N) is 1. The summed E-state index contributed by atoms with van der Waals surface area (Å²) in [4.78, 5) is 15.4. The van der Waals surface area contributed by atoms with Crippen molar-refractivity contribution >= 4 is 22.4 Å². The van der Waals surface area contributed by atoms with E-state index in [-0.39, 0.29) is 5.54 Å². The third-order valence-electron chi connectivity index (χ3n) is 2.16. The molecule has 0 aliphatic rings. The van der Waals surface area contributed by atoms with E-state index in [4.69, 9.17) is 5.11 Å². The maximum absolute atomic E-state index is 11.1. The van der Waals surface area contributed by atoms with Gasteiger partial charge in [-0.2, -0.15) is 0 Å². The van der Waals surface area contributed by atoms with Crippen LogP contribution in [0.5, 0.6) is 0 Å². The number of carboxylic acids is 1. The Hall–Kier alpha value is -1.10. The molecule has 0 aliphatic heterocycles. The van der Waals surface area contributed by atoms with E-state index in [1.807, 2.05) is 20.8 Å². The Kier molecular flexibility index (Phi) is 3.28. The van der Waals surface area contributed by atoms with Crippen molar-refractivity contribution in [3.8, 4) is 0 Å². The lowest BCUT2D eigenvalue weighted by atomic mass is 9.90. The lowest BCUT2D eigenvalue weighted by Crippen LogP contribution is -2.29. The Labute approximate surface area is 99.7 Å². The van der Waals surface area contributed by atoms with Gasteiger partial charge in [0.2, 0.25) is 0 Å². The Morgan fingerprint density at radius 2 is 1.94 bits per heavy atom. The van der Waals surface area contributed by atoms with E-state index in [1.165, 1.54) is 11.3 Å². The van der Waals surface area contributed by atoms with Gasteiger partial charge in [-0.3, -0.25) is 4.79 Å². The van der Waals surface area contributed by atoms with Gasteiger partial charge in [-0.1, -0.05) is 0 Å². The van der Waals surface area contributed by atoms with Crippen molar-refractivity contribution in [1.82, 2.24) is 4.98 Å². The fourth-order valence-electron chi connectivity index (χ4n) is 1.05. The van der Waals surface area contributed by atoms with Crippen molar-refractivity contribution in [1.29, 1.82) is 0 Å². The number of nitrogens with one attached hydrogen (secondary N) is 1. The van der Waals surface area contributed by atoms with Gasteiger partial charge in [0.25, 0.3) is 0 Å². The molecule has 16 heavy (non-hydrogen) atoms. The molecule has 0 saturated heterocycles. The lowest BCUT2D eigenvalue weighted by molar-refractivity contribution is -0.142. The highest BCUT2D eigenvalue weighted by atomic mass is 32.1. The summed E-state index contributed by atoms with van der Waals surface area (Å²) in [5, 5.41) is 14.9. The van der Waals surface area contributed by atoms with E-state index in [2.05, 4.69) is 10.3 Å². The monoisotopic (exact) mass is 242 g/mol. The van der Waals surface area contributed by atoms with Gasteiger partial charge in [-0.05, 0) is 34.6 Å². The van der Waals surface area contributed by atoms with E-state index in [9.17, 15) is 4.79 Å². The first-order chi connectivity index (χ1) is 7.13. The topological polar surface area (TPSA) is 62.2 Å². The average molecular weight is 242 g/mol. The second-order valence-corrected chi connectivity index (χ2v) is 6.20. The zero-order valence-corrected chi connectivity index (χ0v) is 11.1. The number of hydrogen-bond donors (Lipinski definition) is 2. The number of carboxylic acid groups (broad SMARTS) is 1. The summed E-state index contributed by atoms with van der Waals surface area (Å²) in [6, 6.07) is 0. The van der Waals surface area contributed by atoms with Crippen LogP contribution in [0.15, 0.2) is 5.38 Å². The van der Waals surface area contributed by atoms with Crippen LogP contribution in [0.4, 0.5) is 5.13 Å². The molecule has 0 unspecified atom stereocenters. The molecular weight excluding hydrogens is 224 g/mol. The first kappa shape index (κ1) is 13.0. The fraction of sp³-hybridized carbons (Fsp3) is 0.636. The molecule has 1 aromatic rings. The molecule has 0 bridgehead atoms. The van der Waals surface area contributed by atoms with E-state index in [1.54, 1.807) is 19.2 Å². The third kappa shape index (κ3) is 2.95. The number of aliphatic carboxylic acids is 1. The molecule has 1 heterocycles. The van der Waals surface area contributed by atoms with Gasteiger partial charge in [-0.25, -0.2) is 4.98 Å². The second-order valence-electron chi connectivity index (χ2n) is 5.34. The van der Waals surface area contributed by atoms with Gasteiger partial charge in [0.1, 0.15) is 5.41 Å². The van der Waals surface area contributed by atoms with Crippen LogP contribution in [0.1, 0.15) is 40.3 Å². The quantitative estimate of drug-likeness (QED) is 0.855. The van der Waals surface area contributed by atoms with Crippen molar-refractivity contribution in [3.05, 3.63) is 11.1 Å². The minimum Gasteiger partial charge on any atom is -0.481 e. The van der Waals surface area contributed by atoms with Crippen LogP contribution < -0.4 is 5.32 Å². The van der Waals surface area contributed by atoms with Crippen LogP contribution in [-0.2, 0) is 10.2 Å². The maximum Gasteiger partial charge on any atom is 0.315 e. The molecule has 0 aromatic carbocycles. The van der Waals surface area contributed by atoms with Gasteiger partial charge in [0.05, 0.1) is 5.69 Å². The summed E-state index contributed by atoms with van der Waals surface area (Å²) >= 11 is 1.44. The summed E-state index contributed by atoms with van der Waals surface area (Å²) in [5.74, 6) is -0.861. The molecule has 0 saturated carbocycles. The minimum atomic E-state index is -0.936. The lowest BCUT2D eigenvalue weighted by Gasteiger charge is -2.20. The predicted molar refractivity (Wildman–Crippen MR) is 66.2 cm³/mol. The molecule has 2 N–H and O–H groups in total. The standard InChI is InChI=1S/C11H18N2O2S/c1-10(2,3)13-9-12-7(6-16-9)11(4,5)8(14)15/h6H,1-5H3,(H,12,13)(H,14,15). The van der Waals surface area contributed by atoms with Crippen LogP contribution in [0.25, 0.3) is 0 Å². The molecule has 5 heteroatoms. The first-order valence-corrected chi connectivity index (χ1v) is 5.98. The largest absolute Gasteiger partial charge is 0.481 e. The second kappa shape index (κ2) is 4.05. The zero-order valence-electron chi connectivity index (χ0n) is 10.3. The highest BCUT2D eigenvalue weighted by Gasteiger charge is 2.32. The number of thiazole rings is 1.